The monoisotopic (exact) mass is 369 g/mol. The molecule has 0 saturated carbocycles. The summed E-state index contributed by atoms with van der Waals surface area (Å²) in [6.45, 7) is 2.71. The van der Waals surface area contributed by atoms with Crippen LogP contribution in [0.2, 0.25) is 0 Å². The first-order valence-electron chi connectivity index (χ1n) is 8.97. The molecule has 0 bridgehead atoms. The topological polar surface area (TPSA) is 121 Å². The van der Waals surface area contributed by atoms with E-state index in [1.807, 2.05) is 0 Å². The molecule has 4 N–H and O–H groups in total. The summed E-state index contributed by atoms with van der Waals surface area (Å²) < 4.78 is 0. The number of amides is 2. The molecule has 8 nitrogen and oxygen atoms in total. The van der Waals surface area contributed by atoms with Crippen molar-refractivity contribution in [3.05, 3.63) is 52.6 Å². The number of aromatic nitrogens is 2. The number of benzene rings is 1. The molecule has 0 spiro atoms. The summed E-state index contributed by atoms with van der Waals surface area (Å²) >= 11 is 0. The Bertz CT molecular complexity index is 879. The van der Waals surface area contributed by atoms with E-state index in [0.717, 1.165) is 19.4 Å². The van der Waals surface area contributed by atoms with Crippen molar-refractivity contribution in [3.63, 3.8) is 0 Å². The third-order valence-electron chi connectivity index (χ3n) is 4.71. The number of piperidine rings is 1. The molecule has 27 heavy (non-hydrogen) atoms. The van der Waals surface area contributed by atoms with Gasteiger partial charge in [0.05, 0.1) is 24.0 Å². The Morgan fingerprint density at radius 2 is 2.19 bits per heavy atom. The van der Waals surface area contributed by atoms with Crippen molar-refractivity contribution in [2.45, 2.75) is 12.8 Å². The van der Waals surface area contributed by atoms with E-state index in [-0.39, 0.29) is 23.3 Å². The number of carbonyl (C=O) groups is 2. The highest BCUT2D eigenvalue weighted by Crippen LogP contribution is 2.17. The molecule has 0 radical (unpaired) electrons. The predicted molar refractivity (Wildman–Crippen MR) is 101 cm³/mol. The maximum absolute atomic E-state index is 12.4. The van der Waals surface area contributed by atoms with E-state index >= 15 is 0 Å². The molecule has 1 aliphatic rings. The van der Waals surface area contributed by atoms with Gasteiger partial charge in [0.15, 0.2) is 0 Å². The maximum Gasteiger partial charge on any atom is 0.266 e. The molecule has 3 rings (SSSR count). The van der Waals surface area contributed by atoms with Crippen LogP contribution in [0, 0.1) is 5.92 Å². The van der Waals surface area contributed by atoms with Gasteiger partial charge in [0, 0.05) is 30.8 Å². The van der Waals surface area contributed by atoms with Gasteiger partial charge in [0.1, 0.15) is 0 Å². The summed E-state index contributed by atoms with van der Waals surface area (Å²) in [7, 11) is 0. The number of primary amides is 1. The van der Waals surface area contributed by atoms with Crippen LogP contribution in [0.5, 0.6) is 0 Å². The smallest absolute Gasteiger partial charge is 0.266 e. The summed E-state index contributed by atoms with van der Waals surface area (Å²) in [5.74, 6) is -0.548. The Morgan fingerprint density at radius 1 is 1.33 bits per heavy atom. The van der Waals surface area contributed by atoms with Crippen LogP contribution in [0.3, 0.4) is 0 Å². The number of H-pyrrole nitrogens is 1. The van der Waals surface area contributed by atoms with Crippen LogP contribution in [0.25, 0.3) is 11.3 Å². The Morgan fingerprint density at radius 3 is 2.96 bits per heavy atom. The second-order valence-corrected chi connectivity index (χ2v) is 6.69. The van der Waals surface area contributed by atoms with Crippen LogP contribution in [-0.4, -0.2) is 52.9 Å². The minimum Gasteiger partial charge on any atom is -0.369 e. The highest BCUT2D eigenvalue weighted by atomic mass is 16.2. The van der Waals surface area contributed by atoms with Gasteiger partial charge in [-0.05, 0) is 31.5 Å². The molecule has 1 aromatic heterocycles. The molecule has 1 fully saturated rings. The first-order chi connectivity index (χ1) is 13.0. The Balaban J connectivity index is 1.56. The van der Waals surface area contributed by atoms with E-state index in [2.05, 4.69) is 20.2 Å². The van der Waals surface area contributed by atoms with E-state index in [1.165, 1.54) is 6.20 Å². The van der Waals surface area contributed by atoms with Gasteiger partial charge in [-0.15, -0.1) is 0 Å². The van der Waals surface area contributed by atoms with Crippen molar-refractivity contribution in [1.29, 1.82) is 0 Å². The van der Waals surface area contributed by atoms with E-state index in [0.29, 0.717) is 36.5 Å². The first-order valence-corrected chi connectivity index (χ1v) is 8.97. The van der Waals surface area contributed by atoms with E-state index < -0.39 is 0 Å². The van der Waals surface area contributed by atoms with Gasteiger partial charge in [-0.2, -0.15) is 0 Å². The zero-order valence-corrected chi connectivity index (χ0v) is 15.0. The molecule has 1 aromatic carbocycles. The normalized spacial score (nSPS) is 17.4. The van der Waals surface area contributed by atoms with Crippen LogP contribution in [0.1, 0.15) is 23.2 Å². The van der Waals surface area contributed by atoms with Gasteiger partial charge in [-0.3, -0.25) is 19.4 Å². The van der Waals surface area contributed by atoms with Crippen molar-refractivity contribution >= 4 is 11.8 Å². The van der Waals surface area contributed by atoms with Crippen molar-refractivity contribution < 1.29 is 9.59 Å². The van der Waals surface area contributed by atoms with E-state index in [4.69, 9.17) is 5.73 Å². The zero-order chi connectivity index (χ0) is 19.2. The number of hydrogen-bond acceptors (Lipinski definition) is 5. The third-order valence-corrected chi connectivity index (χ3v) is 4.71. The minimum absolute atomic E-state index is 0.104. The number of nitrogens with one attached hydrogen (secondary N) is 2. The lowest BCUT2D eigenvalue weighted by atomic mass is 9.97. The van der Waals surface area contributed by atoms with Crippen LogP contribution in [-0.2, 0) is 4.79 Å². The third kappa shape index (κ3) is 5.01. The largest absolute Gasteiger partial charge is 0.369 e. The van der Waals surface area contributed by atoms with Crippen LogP contribution < -0.4 is 16.6 Å². The van der Waals surface area contributed by atoms with Crippen molar-refractivity contribution in [2.75, 3.05) is 26.2 Å². The predicted octanol–water partition coefficient (Wildman–Crippen LogP) is 0.364. The molecule has 1 atom stereocenters. The van der Waals surface area contributed by atoms with Gasteiger partial charge in [-0.1, -0.05) is 12.1 Å². The molecule has 0 unspecified atom stereocenters. The number of nitrogens with two attached hydrogens (primary N) is 1. The van der Waals surface area contributed by atoms with E-state index in [1.54, 1.807) is 30.5 Å². The molecular formula is C19H23N5O3. The standard InChI is InChI=1S/C19H23N5O3/c20-18(26)15-5-2-7-24(12-15)8-6-22-19(27)14-4-1-3-13(9-14)16-10-21-11-17(25)23-16/h1,3-4,9-11,15H,2,5-8,12H2,(H2,20,26)(H,22,27)(H,23,25)/t15-/m0/s1. The van der Waals surface area contributed by atoms with Gasteiger partial charge < -0.3 is 20.9 Å². The number of hydrogen-bond donors (Lipinski definition) is 3. The summed E-state index contributed by atoms with van der Waals surface area (Å²) in [5, 5.41) is 2.90. The van der Waals surface area contributed by atoms with Crippen molar-refractivity contribution in [3.8, 4) is 11.3 Å². The Labute approximate surface area is 156 Å². The number of nitrogens with zero attached hydrogens (tertiary/aromatic N) is 2. The fraction of sp³-hybridized carbons (Fsp3) is 0.368. The number of likely N-dealkylation sites (tertiary alicyclic amines) is 1. The average molecular weight is 369 g/mol. The lowest BCUT2D eigenvalue weighted by Gasteiger charge is -2.31. The lowest BCUT2D eigenvalue weighted by molar-refractivity contribution is -0.123. The fourth-order valence-corrected chi connectivity index (χ4v) is 3.27. The van der Waals surface area contributed by atoms with Crippen LogP contribution >= 0.6 is 0 Å². The SMILES string of the molecule is NC(=O)[C@H]1CCCN(CCNC(=O)c2cccc(-c3cncc(=O)[nH]3)c2)C1. The minimum atomic E-state index is -0.293. The highest BCUT2D eigenvalue weighted by Gasteiger charge is 2.23. The molecule has 0 aliphatic carbocycles. The Kier molecular flexibility index (Phi) is 5.97. The fourth-order valence-electron chi connectivity index (χ4n) is 3.27. The molecular weight excluding hydrogens is 346 g/mol. The van der Waals surface area contributed by atoms with Gasteiger partial charge in [0.2, 0.25) is 5.91 Å². The molecule has 142 valence electrons. The molecule has 2 heterocycles. The first kappa shape index (κ1) is 18.8. The van der Waals surface area contributed by atoms with E-state index in [9.17, 15) is 14.4 Å². The summed E-state index contributed by atoms with van der Waals surface area (Å²) in [6.07, 6.45) is 4.52. The number of rotatable bonds is 6. The zero-order valence-electron chi connectivity index (χ0n) is 15.0. The molecule has 1 aliphatic heterocycles. The molecule has 1 saturated heterocycles. The van der Waals surface area contributed by atoms with Gasteiger partial charge in [-0.25, -0.2) is 0 Å². The summed E-state index contributed by atoms with van der Waals surface area (Å²) in [4.78, 5) is 43.9. The summed E-state index contributed by atoms with van der Waals surface area (Å²) in [6, 6.07) is 7.00. The number of carbonyl (C=O) groups excluding carboxylic acids is 2. The van der Waals surface area contributed by atoms with Gasteiger partial charge >= 0.3 is 0 Å². The van der Waals surface area contributed by atoms with Gasteiger partial charge in [0.25, 0.3) is 11.5 Å². The van der Waals surface area contributed by atoms with Crippen molar-refractivity contribution in [1.82, 2.24) is 20.2 Å². The van der Waals surface area contributed by atoms with Crippen molar-refractivity contribution in [2.24, 2.45) is 11.7 Å². The lowest BCUT2D eigenvalue weighted by Crippen LogP contribution is -2.44. The second-order valence-electron chi connectivity index (χ2n) is 6.69. The maximum atomic E-state index is 12.4. The highest BCUT2D eigenvalue weighted by molar-refractivity contribution is 5.95. The molecule has 2 aromatic rings. The van der Waals surface area contributed by atoms with Crippen LogP contribution in [0.15, 0.2) is 41.5 Å². The molecule has 8 heteroatoms. The Hall–Kier alpha value is -3.00. The molecule has 2 amide bonds. The average Bonchev–Trinajstić information content (AvgIpc) is 2.68. The second kappa shape index (κ2) is 8.59. The van der Waals surface area contributed by atoms with Crippen LogP contribution in [0.4, 0.5) is 0 Å². The summed E-state index contributed by atoms with van der Waals surface area (Å²) in [5.41, 5.74) is 6.88. The number of aromatic amines is 1. The quantitative estimate of drug-likeness (QED) is 0.679.